The summed E-state index contributed by atoms with van der Waals surface area (Å²) >= 11 is 0. The Morgan fingerprint density at radius 1 is 0.969 bits per heavy atom. The van der Waals surface area contributed by atoms with E-state index in [0.29, 0.717) is 0 Å². The van der Waals surface area contributed by atoms with Crippen molar-refractivity contribution in [2.75, 3.05) is 0 Å². The van der Waals surface area contributed by atoms with E-state index in [2.05, 4.69) is 72.4 Å². The highest BCUT2D eigenvalue weighted by molar-refractivity contribution is 5.44. The molecule has 2 rings (SSSR count). The average molecular weight is 439 g/mol. The minimum atomic E-state index is -0.200. The van der Waals surface area contributed by atoms with Gasteiger partial charge in [-0.2, -0.15) is 0 Å². The number of hydrogen-bond donors (Lipinski definition) is 0. The predicted molar refractivity (Wildman–Crippen MR) is 141 cm³/mol. The van der Waals surface area contributed by atoms with Crippen molar-refractivity contribution in [1.82, 2.24) is 0 Å². The first-order valence-electron chi connectivity index (χ1n) is 13.4. The van der Waals surface area contributed by atoms with Crippen LogP contribution in [0.25, 0.3) is 0 Å². The van der Waals surface area contributed by atoms with Gasteiger partial charge in [-0.05, 0) is 110 Å². The smallest absolute Gasteiger partial charge is 0.118 e. The van der Waals surface area contributed by atoms with Crippen LogP contribution in [0.5, 0.6) is 0 Å². The molecule has 0 saturated carbocycles. The summed E-state index contributed by atoms with van der Waals surface area (Å²) in [5.41, 5.74) is 10.6. The van der Waals surface area contributed by atoms with E-state index in [1.807, 2.05) is 0 Å². The molecule has 1 aliphatic carbocycles. The van der Waals surface area contributed by atoms with E-state index in [0.717, 1.165) is 25.7 Å². The molecular formula is C31H50O. The second-order valence-electron chi connectivity index (χ2n) is 10.7. The lowest BCUT2D eigenvalue weighted by molar-refractivity contribution is -0.144. The number of allylic oxidation sites excluding steroid dienone is 5. The minimum Gasteiger partial charge on any atom is -0.359 e. The van der Waals surface area contributed by atoms with Crippen molar-refractivity contribution in [3.8, 4) is 0 Å². The second-order valence-corrected chi connectivity index (χ2v) is 10.7. The minimum absolute atomic E-state index is 0.0311. The molecule has 2 unspecified atom stereocenters. The van der Waals surface area contributed by atoms with Crippen molar-refractivity contribution in [3.05, 3.63) is 51.8 Å². The Balaban J connectivity index is 1.91. The Morgan fingerprint density at radius 2 is 1.66 bits per heavy atom. The van der Waals surface area contributed by atoms with E-state index in [-0.39, 0.29) is 11.2 Å². The molecule has 0 aromatic carbocycles. The highest BCUT2D eigenvalue weighted by Gasteiger charge is 2.47. The van der Waals surface area contributed by atoms with E-state index in [1.165, 1.54) is 74.5 Å². The maximum Gasteiger partial charge on any atom is 0.118 e. The van der Waals surface area contributed by atoms with E-state index in [4.69, 9.17) is 4.74 Å². The fraction of sp³-hybridized carbons (Fsp3) is 0.710. The van der Waals surface area contributed by atoms with Crippen LogP contribution in [0.2, 0.25) is 0 Å². The van der Waals surface area contributed by atoms with Crippen LogP contribution in [0.1, 0.15) is 132 Å². The van der Waals surface area contributed by atoms with E-state index in [1.54, 1.807) is 11.1 Å². The van der Waals surface area contributed by atoms with Gasteiger partial charge in [0.05, 0.1) is 5.60 Å². The summed E-state index contributed by atoms with van der Waals surface area (Å²) in [5.74, 6) is 0. The zero-order valence-corrected chi connectivity index (χ0v) is 22.3. The first kappa shape index (κ1) is 26.9. The average Bonchev–Trinajstić information content (AvgIpc) is 2.75. The number of rotatable bonds is 13. The zero-order chi connectivity index (χ0) is 23.6. The highest BCUT2D eigenvalue weighted by Crippen LogP contribution is 2.49. The summed E-state index contributed by atoms with van der Waals surface area (Å²) in [4.78, 5) is 0. The van der Waals surface area contributed by atoms with Gasteiger partial charge in [-0.25, -0.2) is 0 Å². The number of hydrogen-bond acceptors (Lipinski definition) is 1. The first-order chi connectivity index (χ1) is 15.3. The third kappa shape index (κ3) is 7.36. The third-order valence-electron chi connectivity index (χ3n) is 7.71. The summed E-state index contributed by atoms with van der Waals surface area (Å²) in [6.07, 6.45) is 22.6. The zero-order valence-electron chi connectivity index (χ0n) is 22.3. The summed E-state index contributed by atoms with van der Waals surface area (Å²) in [6.45, 7) is 16.0. The quantitative estimate of drug-likeness (QED) is 0.158. The van der Waals surface area contributed by atoms with Gasteiger partial charge in [0, 0.05) is 5.57 Å². The lowest BCUT2D eigenvalue weighted by Crippen LogP contribution is -2.50. The SMILES string of the molecule is CCCC/C=C(\C)CC/C=C(\C)CCCC1(C)CCC2=C=CC(C)=C(C)C2(CCCC)O1. The first-order valence-corrected chi connectivity index (χ1v) is 13.4. The van der Waals surface area contributed by atoms with Crippen LogP contribution in [-0.4, -0.2) is 11.2 Å². The molecule has 0 N–H and O–H groups in total. The summed E-state index contributed by atoms with van der Waals surface area (Å²) in [7, 11) is 0. The molecule has 1 fully saturated rings. The lowest BCUT2D eigenvalue weighted by atomic mass is 9.71. The highest BCUT2D eigenvalue weighted by atomic mass is 16.5. The molecule has 2 aliphatic rings. The number of unbranched alkanes of at least 4 members (excludes halogenated alkanes) is 3. The fourth-order valence-electron chi connectivity index (χ4n) is 5.27. The molecule has 1 heterocycles. The molecule has 1 aliphatic heterocycles. The Morgan fingerprint density at radius 3 is 2.38 bits per heavy atom. The van der Waals surface area contributed by atoms with Gasteiger partial charge in [-0.15, -0.1) is 5.73 Å². The molecule has 180 valence electrons. The largest absolute Gasteiger partial charge is 0.359 e. The van der Waals surface area contributed by atoms with Crippen molar-refractivity contribution in [3.63, 3.8) is 0 Å². The monoisotopic (exact) mass is 438 g/mol. The van der Waals surface area contributed by atoms with E-state index < -0.39 is 0 Å². The molecule has 1 nitrogen and oxygen atoms in total. The second kappa shape index (κ2) is 12.8. The van der Waals surface area contributed by atoms with Gasteiger partial charge in [0.25, 0.3) is 0 Å². The van der Waals surface area contributed by atoms with Gasteiger partial charge in [-0.3, -0.25) is 0 Å². The van der Waals surface area contributed by atoms with Gasteiger partial charge in [0.2, 0.25) is 0 Å². The van der Waals surface area contributed by atoms with Crippen LogP contribution < -0.4 is 0 Å². The van der Waals surface area contributed by atoms with Crippen molar-refractivity contribution >= 4 is 0 Å². The van der Waals surface area contributed by atoms with Gasteiger partial charge in [-0.1, -0.05) is 62.8 Å². The van der Waals surface area contributed by atoms with Crippen LogP contribution >= 0.6 is 0 Å². The molecule has 2 atom stereocenters. The van der Waals surface area contributed by atoms with E-state index in [9.17, 15) is 0 Å². The molecule has 0 radical (unpaired) electrons. The van der Waals surface area contributed by atoms with Crippen LogP contribution in [0.15, 0.2) is 51.8 Å². The van der Waals surface area contributed by atoms with Crippen molar-refractivity contribution in [2.45, 2.75) is 143 Å². The predicted octanol–water partition coefficient (Wildman–Crippen LogP) is 9.95. The number of ether oxygens (including phenoxy) is 1. The molecule has 0 bridgehead atoms. The molecule has 32 heavy (non-hydrogen) atoms. The standard InChI is InChI=1S/C31H50O/c1-8-10-12-15-25(3)16-13-17-26(4)18-14-22-30(7)24-21-29-20-19-27(5)28(6)31(29,32-30)23-11-9-2/h15,17,19H,8-14,16,18,21-24H2,1-7H3/b25-15+,26-17+. The van der Waals surface area contributed by atoms with Crippen molar-refractivity contribution < 1.29 is 4.74 Å². The van der Waals surface area contributed by atoms with Gasteiger partial charge >= 0.3 is 0 Å². The maximum atomic E-state index is 7.09. The fourth-order valence-corrected chi connectivity index (χ4v) is 5.27. The van der Waals surface area contributed by atoms with Gasteiger partial charge in [0.1, 0.15) is 5.60 Å². The van der Waals surface area contributed by atoms with Gasteiger partial charge < -0.3 is 4.74 Å². The Bertz CT molecular complexity index is 770. The summed E-state index contributed by atoms with van der Waals surface area (Å²) in [6, 6.07) is 0. The Kier molecular flexibility index (Phi) is 10.8. The van der Waals surface area contributed by atoms with Crippen molar-refractivity contribution in [1.29, 1.82) is 0 Å². The molecule has 1 heteroatoms. The molecule has 0 spiro atoms. The summed E-state index contributed by atoms with van der Waals surface area (Å²) < 4.78 is 7.09. The van der Waals surface area contributed by atoms with Crippen molar-refractivity contribution in [2.24, 2.45) is 0 Å². The third-order valence-corrected chi connectivity index (χ3v) is 7.71. The van der Waals surface area contributed by atoms with Crippen LogP contribution in [0.3, 0.4) is 0 Å². The normalized spacial score (nSPS) is 26.4. The molecule has 0 aromatic heterocycles. The Labute approximate surface area is 199 Å². The van der Waals surface area contributed by atoms with E-state index >= 15 is 0 Å². The molecule has 0 aromatic rings. The molecule has 0 amide bonds. The topological polar surface area (TPSA) is 9.23 Å². The lowest BCUT2D eigenvalue weighted by Gasteiger charge is -2.50. The molecular weight excluding hydrogens is 388 g/mol. The molecule has 1 saturated heterocycles. The van der Waals surface area contributed by atoms with Crippen LogP contribution in [0.4, 0.5) is 0 Å². The summed E-state index contributed by atoms with van der Waals surface area (Å²) in [5, 5.41) is 0. The Hall–Kier alpha value is -1.30. The van der Waals surface area contributed by atoms with Gasteiger partial charge in [0.15, 0.2) is 0 Å². The van der Waals surface area contributed by atoms with Crippen LogP contribution in [0, 0.1) is 0 Å². The maximum absolute atomic E-state index is 7.09. The van der Waals surface area contributed by atoms with Crippen LogP contribution in [-0.2, 0) is 4.74 Å². The number of fused-ring (bicyclic) bond motifs is 1.